The van der Waals surface area contributed by atoms with Crippen LogP contribution in [-0.4, -0.2) is 45.9 Å². The first kappa shape index (κ1) is 24.6. The Morgan fingerprint density at radius 2 is 1.87 bits per heavy atom. The number of esters is 1. The second-order valence-corrected chi connectivity index (χ2v) is 6.56. The van der Waals surface area contributed by atoms with Crippen LogP contribution in [0.2, 0.25) is 0 Å². The van der Waals surface area contributed by atoms with Crippen LogP contribution in [0, 0.1) is 0 Å². The number of guanidine groups is 1. The van der Waals surface area contributed by atoms with Crippen LogP contribution < -0.4 is 24.8 Å². The van der Waals surface area contributed by atoms with Gasteiger partial charge < -0.3 is 29.6 Å². The number of halogens is 1. The summed E-state index contributed by atoms with van der Waals surface area (Å²) in [5.41, 5.74) is 2.12. The Morgan fingerprint density at radius 1 is 1.10 bits per heavy atom. The fraction of sp³-hybridized carbons (Fsp3) is 0.364. The first-order chi connectivity index (χ1) is 14.6. The molecule has 0 aromatic heterocycles. The monoisotopic (exact) mass is 541 g/mol. The third kappa shape index (κ3) is 6.65. The number of ether oxygens (including phenoxy) is 4. The zero-order valence-corrected chi connectivity index (χ0v) is 20.2. The van der Waals surface area contributed by atoms with Gasteiger partial charge in [-0.3, -0.25) is 0 Å². The Bertz CT molecular complexity index is 920. The topological polar surface area (TPSA) is 90.4 Å². The SMILES string of the molecule is CCNC(=NCc1ccc(C(=O)OC)c(OC)c1)Nc1ccc2c(c1)OCCCO2.I. The van der Waals surface area contributed by atoms with Gasteiger partial charge in [-0.15, -0.1) is 24.0 Å². The fourth-order valence-electron chi connectivity index (χ4n) is 2.97. The lowest BCUT2D eigenvalue weighted by molar-refractivity contribution is 0.0597. The number of carbonyl (C=O) groups excluding carboxylic acids is 1. The number of hydrogen-bond acceptors (Lipinski definition) is 6. The highest BCUT2D eigenvalue weighted by Gasteiger charge is 2.14. The van der Waals surface area contributed by atoms with Crippen LogP contribution in [0.25, 0.3) is 0 Å². The Labute approximate surface area is 199 Å². The van der Waals surface area contributed by atoms with E-state index in [2.05, 4.69) is 15.6 Å². The van der Waals surface area contributed by atoms with E-state index in [-0.39, 0.29) is 24.0 Å². The molecule has 0 bridgehead atoms. The fourth-order valence-corrected chi connectivity index (χ4v) is 2.97. The highest BCUT2D eigenvalue weighted by atomic mass is 127. The van der Waals surface area contributed by atoms with E-state index in [1.807, 2.05) is 31.2 Å². The molecule has 2 aromatic rings. The molecule has 1 aliphatic heterocycles. The van der Waals surface area contributed by atoms with E-state index >= 15 is 0 Å². The highest BCUT2D eigenvalue weighted by molar-refractivity contribution is 14.0. The molecule has 3 rings (SSSR count). The van der Waals surface area contributed by atoms with Crippen LogP contribution >= 0.6 is 24.0 Å². The minimum absolute atomic E-state index is 0. The van der Waals surface area contributed by atoms with Gasteiger partial charge in [0.15, 0.2) is 17.5 Å². The van der Waals surface area contributed by atoms with Gasteiger partial charge in [-0.05, 0) is 36.8 Å². The summed E-state index contributed by atoms with van der Waals surface area (Å²) in [5, 5.41) is 6.51. The Morgan fingerprint density at radius 3 is 2.58 bits per heavy atom. The zero-order chi connectivity index (χ0) is 21.3. The number of benzene rings is 2. The molecule has 0 saturated carbocycles. The van der Waals surface area contributed by atoms with Gasteiger partial charge >= 0.3 is 5.97 Å². The molecule has 0 atom stereocenters. The van der Waals surface area contributed by atoms with E-state index in [0.717, 1.165) is 29.2 Å². The third-order valence-electron chi connectivity index (χ3n) is 4.45. The van der Waals surface area contributed by atoms with E-state index in [1.165, 1.54) is 14.2 Å². The number of aliphatic imine (C=N–C) groups is 1. The normalized spacial score (nSPS) is 12.8. The minimum atomic E-state index is -0.439. The number of rotatable bonds is 6. The van der Waals surface area contributed by atoms with Gasteiger partial charge in [-0.25, -0.2) is 9.79 Å². The predicted molar refractivity (Wildman–Crippen MR) is 130 cm³/mol. The van der Waals surface area contributed by atoms with Crippen molar-refractivity contribution in [1.82, 2.24) is 5.32 Å². The number of anilines is 1. The van der Waals surface area contributed by atoms with E-state index < -0.39 is 5.97 Å². The molecule has 0 fully saturated rings. The van der Waals surface area contributed by atoms with Crippen LogP contribution in [0.4, 0.5) is 5.69 Å². The molecule has 31 heavy (non-hydrogen) atoms. The number of nitrogens with zero attached hydrogens (tertiary/aromatic N) is 1. The smallest absolute Gasteiger partial charge is 0.341 e. The summed E-state index contributed by atoms with van der Waals surface area (Å²) in [5.74, 6) is 2.11. The molecule has 168 valence electrons. The molecule has 0 unspecified atom stereocenters. The molecular formula is C22H28IN3O5. The van der Waals surface area contributed by atoms with Crippen molar-refractivity contribution in [1.29, 1.82) is 0 Å². The van der Waals surface area contributed by atoms with Gasteiger partial charge in [0, 0.05) is 24.7 Å². The molecule has 2 N–H and O–H groups in total. The van der Waals surface area contributed by atoms with Gasteiger partial charge in [-0.2, -0.15) is 0 Å². The molecule has 0 saturated heterocycles. The van der Waals surface area contributed by atoms with E-state index in [1.54, 1.807) is 12.1 Å². The maximum absolute atomic E-state index is 11.8. The Balaban J connectivity index is 0.00000341. The van der Waals surface area contributed by atoms with E-state index in [9.17, 15) is 4.79 Å². The van der Waals surface area contributed by atoms with Crippen molar-refractivity contribution in [2.24, 2.45) is 4.99 Å². The maximum atomic E-state index is 11.8. The van der Waals surface area contributed by atoms with Crippen molar-refractivity contribution in [3.63, 3.8) is 0 Å². The summed E-state index contributed by atoms with van der Waals surface area (Å²) >= 11 is 0. The van der Waals surface area contributed by atoms with Crippen LogP contribution in [0.1, 0.15) is 29.3 Å². The molecule has 0 aliphatic carbocycles. The summed E-state index contributed by atoms with van der Waals surface area (Å²) in [6.45, 7) is 4.40. The molecular weight excluding hydrogens is 513 g/mol. The second-order valence-electron chi connectivity index (χ2n) is 6.56. The number of fused-ring (bicyclic) bond motifs is 1. The van der Waals surface area contributed by atoms with E-state index in [4.69, 9.17) is 18.9 Å². The molecule has 9 heteroatoms. The quantitative estimate of drug-likeness (QED) is 0.249. The summed E-state index contributed by atoms with van der Waals surface area (Å²) in [7, 11) is 2.86. The average Bonchev–Trinajstić information content (AvgIpc) is 3.02. The standard InChI is InChI=1S/C22H27N3O5.HI/c1-4-23-22(25-16-7-9-18-20(13-16)30-11-5-10-29-18)24-14-15-6-8-17(21(26)28-3)19(12-15)27-2;/h6-9,12-13H,4-5,10-11,14H2,1-3H3,(H2,23,24,25);1H. The van der Waals surface area contributed by atoms with Crippen molar-refractivity contribution in [3.05, 3.63) is 47.5 Å². The molecule has 0 radical (unpaired) electrons. The molecule has 1 aliphatic rings. The third-order valence-corrected chi connectivity index (χ3v) is 4.45. The predicted octanol–water partition coefficient (Wildman–Crippen LogP) is 3.84. The number of carbonyl (C=O) groups is 1. The van der Waals surface area contributed by atoms with Gasteiger partial charge in [0.25, 0.3) is 0 Å². The lowest BCUT2D eigenvalue weighted by atomic mass is 10.1. The van der Waals surface area contributed by atoms with Crippen LogP contribution in [0.3, 0.4) is 0 Å². The lowest BCUT2D eigenvalue weighted by Gasteiger charge is -2.14. The Kier molecular flexibility index (Phi) is 9.70. The minimum Gasteiger partial charge on any atom is -0.496 e. The molecule has 0 spiro atoms. The van der Waals surface area contributed by atoms with Crippen LogP contribution in [0.15, 0.2) is 41.4 Å². The first-order valence-corrected chi connectivity index (χ1v) is 9.84. The van der Waals surface area contributed by atoms with Crippen molar-refractivity contribution < 1.29 is 23.7 Å². The van der Waals surface area contributed by atoms with E-state index in [0.29, 0.717) is 43.6 Å². The van der Waals surface area contributed by atoms with Gasteiger partial charge in [0.1, 0.15) is 11.3 Å². The van der Waals surface area contributed by atoms with Gasteiger partial charge in [0.2, 0.25) is 0 Å². The summed E-state index contributed by atoms with van der Waals surface area (Å²) in [6.07, 6.45) is 0.861. The summed E-state index contributed by atoms with van der Waals surface area (Å²) in [4.78, 5) is 16.4. The van der Waals surface area contributed by atoms with Crippen LogP contribution in [0.5, 0.6) is 17.2 Å². The Hall–Kier alpha value is -2.69. The zero-order valence-electron chi connectivity index (χ0n) is 17.9. The number of nitrogens with one attached hydrogen (secondary N) is 2. The number of methoxy groups -OCH3 is 2. The number of hydrogen-bond donors (Lipinski definition) is 2. The highest BCUT2D eigenvalue weighted by Crippen LogP contribution is 2.32. The molecule has 0 amide bonds. The average molecular weight is 541 g/mol. The van der Waals surface area contributed by atoms with Gasteiger partial charge in [0.05, 0.1) is 34.0 Å². The van der Waals surface area contributed by atoms with Crippen molar-refractivity contribution in [3.8, 4) is 17.2 Å². The molecule has 8 nitrogen and oxygen atoms in total. The molecule has 2 aromatic carbocycles. The van der Waals surface area contributed by atoms with Crippen molar-refractivity contribution in [2.45, 2.75) is 19.9 Å². The summed E-state index contributed by atoms with van der Waals surface area (Å²) in [6, 6.07) is 11.0. The van der Waals surface area contributed by atoms with Crippen molar-refractivity contribution >= 4 is 41.6 Å². The largest absolute Gasteiger partial charge is 0.496 e. The van der Waals surface area contributed by atoms with Crippen molar-refractivity contribution in [2.75, 3.05) is 39.3 Å². The summed E-state index contributed by atoms with van der Waals surface area (Å²) < 4.78 is 21.5. The molecule has 1 heterocycles. The van der Waals surface area contributed by atoms with Gasteiger partial charge in [-0.1, -0.05) is 6.07 Å². The second kappa shape index (κ2) is 12.2. The maximum Gasteiger partial charge on any atom is 0.341 e. The first-order valence-electron chi connectivity index (χ1n) is 9.84. The van der Waals surface area contributed by atoms with Crippen LogP contribution in [-0.2, 0) is 11.3 Å². The lowest BCUT2D eigenvalue weighted by Crippen LogP contribution is -2.30.